The van der Waals surface area contributed by atoms with E-state index in [0.29, 0.717) is 22.8 Å². The van der Waals surface area contributed by atoms with Gasteiger partial charge in [-0.1, -0.05) is 5.16 Å². The summed E-state index contributed by atoms with van der Waals surface area (Å²) in [5, 5.41) is 4.47. The second kappa shape index (κ2) is 6.04. The predicted molar refractivity (Wildman–Crippen MR) is 81.2 cm³/mol. The van der Waals surface area contributed by atoms with Crippen LogP contribution in [0.5, 0.6) is 5.75 Å². The van der Waals surface area contributed by atoms with Crippen molar-refractivity contribution in [3.63, 3.8) is 0 Å². The van der Waals surface area contributed by atoms with E-state index < -0.39 is 5.97 Å². The smallest absolute Gasteiger partial charge is 0.340 e. The molecular weight excluding hydrogens is 298 g/mol. The van der Waals surface area contributed by atoms with E-state index in [1.165, 1.54) is 0 Å². The van der Waals surface area contributed by atoms with Gasteiger partial charge in [-0.05, 0) is 32.0 Å². The fourth-order valence-electron chi connectivity index (χ4n) is 2.18. The maximum atomic E-state index is 12.2. The van der Waals surface area contributed by atoms with Crippen LogP contribution in [-0.2, 0) is 11.3 Å². The standard InChI is InChI=1S/C16H15N3O4/c1-9-13(16(20)22-8-15-18-10(2)19-23-15)6-11-4-5-12(21-3)7-14(11)17-9/h4-7H,8H2,1-3H3. The lowest BCUT2D eigenvalue weighted by molar-refractivity contribution is 0.0428. The van der Waals surface area contributed by atoms with Gasteiger partial charge in [-0.3, -0.25) is 4.98 Å². The molecule has 1 aromatic carbocycles. The van der Waals surface area contributed by atoms with Crippen molar-refractivity contribution in [1.82, 2.24) is 15.1 Å². The molecule has 0 unspecified atom stereocenters. The molecule has 2 heterocycles. The zero-order valence-corrected chi connectivity index (χ0v) is 13.0. The molecule has 0 atom stereocenters. The highest BCUT2D eigenvalue weighted by Gasteiger charge is 2.15. The molecule has 2 aromatic heterocycles. The SMILES string of the molecule is COc1ccc2cc(C(=O)OCc3nc(C)no3)c(C)nc2c1. The number of aromatic nitrogens is 3. The molecular formula is C16H15N3O4. The van der Waals surface area contributed by atoms with Gasteiger partial charge in [-0.2, -0.15) is 4.98 Å². The van der Waals surface area contributed by atoms with Gasteiger partial charge in [0.2, 0.25) is 0 Å². The molecule has 7 heteroatoms. The Balaban J connectivity index is 1.83. The van der Waals surface area contributed by atoms with Crippen LogP contribution in [0.2, 0.25) is 0 Å². The molecule has 0 aliphatic heterocycles. The number of rotatable bonds is 4. The molecule has 0 fully saturated rings. The van der Waals surface area contributed by atoms with Gasteiger partial charge in [-0.15, -0.1) is 0 Å². The van der Waals surface area contributed by atoms with Crippen molar-refractivity contribution in [2.75, 3.05) is 7.11 Å². The summed E-state index contributed by atoms with van der Waals surface area (Å²) >= 11 is 0. The third-order valence-corrected chi connectivity index (χ3v) is 3.33. The molecule has 7 nitrogen and oxygen atoms in total. The van der Waals surface area contributed by atoms with Gasteiger partial charge in [0.25, 0.3) is 5.89 Å². The first-order valence-electron chi connectivity index (χ1n) is 6.98. The topological polar surface area (TPSA) is 87.3 Å². The predicted octanol–water partition coefficient (Wildman–Crippen LogP) is 2.60. The first kappa shape index (κ1) is 15.0. The molecule has 0 amide bonds. The van der Waals surface area contributed by atoms with Crippen LogP contribution in [0.1, 0.15) is 27.8 Å². The first-order valence-corrected chi connectivity index (χ1v) is 6.98. The van der Waals surface area contributed by atoms with Gasteiger partial charge in [0.15, 0.2) is 12.4 Å². The highest BCUT2D eigenvalue weighted by atomic mass is 16.6. The summed E-state index contributed by atoms with van der Waals surface area (Å²) in [6.45, 7) is 3.38. The normalized spacial score (nSPS) is 10.7. The van der Waals surface area contributed by atoms with Gasteiger partial charge in [0.1, 0.15) is 5.75 Å². The molecule has 3 aromatic rings. The molecule has 0 aliphatic rings. The lowest BCUT2D eigenvalue weighted by atomic mass is 10.1. The number of ether oxygens (including phenoxy) is 2. The Hall–Kier alpha value is -2.96. The van der Waals surface area contributed by atoms with Gasteiger partial charge < -0.3 is 14.0 Å². The molecule has 0 spiro atoms. The summed E-state index contributed by atoms with van der Waals surface area (Å²) < 4.78 is 15.3. The quantitative estimate of drug-likeness (QED) is 0.684. The maximum absolute atomic E-state index is 12.2. The van der Waals surface area contributed by atoms with E-state index in [4.69, 9.17) is 14.0 Å². The summed E-state index contributed by atoms with van der Waals surface area (Å²) in [7, 11) is 1.60. The summed E-state index contributed by atoms with van der Waals surface area (Å²) in [5.41, 5.74) is 1.74. The van der Waals surface area contributed by atoms with Crippen molar-refractivity contribution in [3.05, 3.63) is 47.2 Å². The summed E-state index contributed by atoms with van der Waals surface area (Å²) in [6, 6.07) is 7.23. The third kappa shape index (κ3) is 3.13. The molecule has 23 heavy (non-hydrogen) atoms. The number of benzene rings is 1. The van der Waals surface area contributed by atoms with Crippen molar-refractivity contribution in [2.45, 2.75) is 20.5 Å². The molecule has 0 aliphatic carbocycles. The summed E-state index contributed by atoms with van der Waals surface area (Å²) in [5.74, 6) is 0.982. The zero-order valence-electron chi connectivity index (χ0n) is 13.0. The number of pyridine rings is 1. The van der Waals surface area contributed by atoms with Crippen LogP contribution in [0.3, 0.4) is 0 Å². The molecule has 0 saturated heterocycles. The highest BCUT2D eigenvalue weighted by Crippen LogP contribution is 2.22. The van der Waals surface area contributed by atoms with E-state index in [-0.39, 0.29) is 12.5 Å². The van der Waals surface area contributed by atoms with Crippen LogP contribution >= 0.6 is 0 Å². The van der Waals surface area contributed by atoms with Crippen molar-refractivity contribution in [3.8, 4) is 5.75 Å². The minimum absolute atomic E-state index is 0.0697. The first-order chi connectivity index (χ1) is 11.1. The average molecular weight is 313 g/mol. The summed E-state index contributed by atoms with van der Waals surface area (Å²) in [4.78, 5) is 20.7. The summed E-state index contributed by atoms with van der Waals surface area (Å²) in [6.07, 6.45) is 0. The lowest BCUT2D eigenvalue weighted by Gasteiger charge is -2.08. The number of aryl methyl sites for hydroxylation is 2. The van der Waals surface area contributed by atoms with E-state index in [2.05, 4.69) is 15.1 Å². The van der Waals surface area contributed by atoms with Gasteiger partial charge in [0, 0.05) is 11.5 Å². The number of carbonyl (C=O) groups is 1. The number of hydrogen-bond donors (Lipinski definition) is 0. The lowest BCUT2D eigenvalue weighted by Crippen LogP contribution is -2.08. The Morgan fingerprint density at radius 3 is 2.74 bits per heavy atom. The molecule has 0 bridgehead atoms. The van der Waals surface area contributed by atoms with E-state index >= 15 is 0 Å². The van der Waals surface area contributed by atoms with Gasteiger partial charge >= 0.3 is 5.97 Å². The second-order valence-corrected chi connectivity index (χ2v) is 4.99. The number of hydrogen-bond acceptors (Lipinski definition) is 7. The second-order valence-electron chi connectivity index (χ2n) is 4.99. The van der Waals surface area contributed by atoms with Crippen LogP contribution in [0.4, 0.5) is 0 Å². The van der Waals surface area contributed by atoms with Crippen molar-refractivity contribution in [2.24, 2.45) is 0 Å². The molecule has 3 rings (SSSR count). The van der Waals surface area contributed by atoms with Gasteiger partial charge in [-0.25, -0.2) is 4.79 Å². The number of fused-ring (bicyclic) bond motifs is 1. The number of esters is 1. The van der Waals surface area contributed by atoms with E-state index in [1.54, 1.807) is 27.0 Å². The molecule has 0 saturated carbocycles. The van der Waals surface area contributed by atoms with Crippen LogP contribution in [0.15, 0.2) is 28.8 Å². The maximum Gasteiger partial charge on any atom is 0.340 e. The molecule has 0 N–H and O–H groups in total. The average Bonchev–Trinajstić information content (AvgIpc) is 2.96. The Labute approximate surface area is 132 Å². The number of carbonyl (C=O) groups excluding carboxylic acids is 1. The van der Waals surface area contributed by atoms with E-state index in [0.717, 1.165) is 10.9 Å². The van der Waals surface area contributed by atoms with Crippen LogP contribution in [0.25, 0.3) is 10.9 Å². The van der Waals surface area contributed by atoms with Gasteiger partial charge in [0.05, 0.1) is 23.9 Å². The van der Waals surface area contributed by atoms with Crippen molar-refractivity contribution < 1.29 is 18.8 Å². The molecule has 0 radical (unpaired) electrons. The number of methoxy groups -OCH3 is 1. The monoisotopic (exact) mass is 313 g/mol. The Bertz CT molecular complexity index is 873. The zero-order chi connectivity index (χ0) is 16.4. The van der Waals surface area contributed by atoms with Crippen molar-refractivity contribution >= 4 is 16.9 Å². The van der Waals surface area contributed by atoms with Crippen LogP contribution in [0, 0.1) is 13.8 Å². The fraction of sp³-hybridized carbons (Fsp3) is 0.250. The van der Waals surface area contributed by atoms with Crippen LogP contribution in [-0.4, -0.2) is 28.2 Å². The molecule has 118 valence electrons. The van der Waals surface area contributed by atoms with E-state index in [9.17, 15) is 4.79 Å². The minimum Gasteiger partial charge on any atom is -0.497 e. The van der Waals surface area contributed by atoms with Crippen molar-refractivity contribution in [1.29, 1.82) is 0 Å². The van der Waals surface area contributed by atoms with Crippen LogP contribution < -0.4 is 4.74 Å². The Morgan fingerprint density at radius 1 is 1.22 bits per heavy atom. The highest BCUT2D eigenvalue weighted by molar-refractivity contribution is 5.95. The third-order valence-electron chi connectivity index (χ3n) is 3.33. The Morgan fingerprint density at radius 2 is 2.04 bits per heavy atom. The number of nitrogens with zero attached hydrogens (tertiary/aromatic N) is 3. The Kier molecular flexibility index (Phi) is 3.92. The largest absolute Gasteiger partial charge is 0.497 e. The van der Waals surface area contributed by atoms with E-state index in [1.807, 2.05) is 18.2 Å². The fourth-order valence-corrected chi connectivity index (χ4v) is 2.18. The minimum atomic E-state index is -0.483.